The summed E-state index contributed by atoms with van der Waals surface area (Å²) in [6.45, 7) is 9.47. The second-order valence-electron chi connectivity index (χ2n) is 8.63. The van der Waals surface area contributed by atoms with Crippen molar-refractivity contribution in [2.75, 3.05) is 19.7 Å². The van der Waals surface area contributed by atoms with Crippen LogP contribution in [0.1, 0.15) is 55.5 Å². The van der Waals surface area contributed by atoms with Gasteiger partial charge in [0.1, 0.15) is 11.6 Å². The molecule has 164 valence electrons. The van der Waals surface area contributed by atoms with E-state index in [1.807, 2.05) is 11.0 Å². The molecule has 1 atom stereocenters. The molecule has 1 unspecified atom stereocenters. The molecule has 0 N–H and O–H groups in total. The highest BCUT2D eigenvalue weighted by atomic mass is 16.5. The normalized spacial score (nSPS) is 16.4. The van der Waals surface area contributed by atoms with Gasteiger partial charge in [0, 0.05) is 32.0 Å². The Bertz CT molecular complexity index is 1040. The predicted molar refractivity (Wildman–Crippen MR) is 125 cm³/mol. The van der Waals surface area contributed by atoms with Crippen LogP contribution in [0.2, 0.25) is 0 Å². The van der Waals surface area contributed by atoms with Crippen molar-refractivity contribution in [3.8, 4) is 5.75 Å². The zero-order chi connectivity index (χ0) is 21.8. The number of aromatic nitrogens is 2. The molecular formula is C26H33N3O2. The van der Waals surface area contributed by atoms with Crippen molar-refractivity contribution < 1.29 is 9.53 Å². The van der Waals surface area contributed by atoms with Gasteiger partial charge in [-0.25, -0.2) is 4.98 Å². The molecule has 1 amide bonds. The first-order chi connectivity index (χ1) is 15.1. The molecule has 4 rings (SSSR count). The molecule has 31 heavy (non-hydrogen) atoms. The SMILES string of the molecule is CCCCN1CC(c2nc3ccccc3n2CCCOc2c(C)cccc2C)CC1=O. The number of carbonyl (C=O) groups excluding carboxylic acids is 1. The Labute approximate surface area is 185 Å². The van der Waals surface area contributed by atoms with Crippen LogP contribution < -0.4 is 4.74 Å². The summed E-state index contributed by atoms with van der Waals surface area (Å²) in [5.41, 5.74) is 4.49. The third-order valence-corrected chi connectivity index (χ3v) is 6.23. The molecule has 3 aromatic rings. The zero-order valence-corrected chi connectivity index (χ0v) is 18.9. The minimum absolute atomic E-state index is 0.163. The van der Waals surface area contributed by atoms with Crippen LogP contribution in [0.4, 0.5) is 0 Å². The first kappa shape index (κ1) is 21.4. The maximum Gasteiger partial charge on any atom is 0.223 e. The third-order valence-electron chi connectivity index (χ3n) is 6.23. The smallest absolute Gasteiger partial charge is 0.223 e. The van der Waals surface area contributed by atoms with Crippen molar-refractivity contribution in [1.82, 2.24) is 14.5 Å². The number of rotatable bonds is 9. The number of nitrogens with zero attached hydrogens (tertiary/aromatic N) is 3. The number of unbranched alkanes of at least 4 members (excludes halogenated alkanes) is 1. The number of hydrogen-bond acceptors (Lipinski definition) is 3. The highest BCUT2D eigenvalue weighted by Gasteiger charge is 2.33. The van der Waals surface area contributed by atoms with Gasteiger partial charge in [0.2, 0.25) is 5.91 Å². The second kappa shape index (κ2) is 9.54. The molecule has 0 saturated carbocycles. The number of ether oxygens (including phenoxy) is 1. The van der Waals surface area contributed by atoms with Crippen LogP contribution in [-0.2, 0) is 11.3 Å². The van der Waals surface area contributed by atoms with Gasteiger partial charge in [-0.3, -0.25) is 4.79 Å². The molecule has 1 saturated heterocycles. The van der Waals surface area contributed by atoms with E-state index in [4.69, 9.17) is 9.72 Å². The number of amides is 1. The summed E-state index contributed by atoms with van der Waals surface area (Å²) in [6, 6.07) is 14.5. The molecule has 2 heterocycles. The fourth-order valence-electron chi connectivity index (χ4n) is 4.57. The molecule has 2 aromatic carbocycles. The van der Waals surface area contributed by atoms with E-state index in [1.165, 1.54) is 11.1 Å². The monoisotopic (exact) mass is 419 g/mol. The molecule has 5 heteroatoms. The fraction of sp³-hybridized carbons (Fsp3) is 0.462. The van der Waals surface area contributed by atoms with E-state index >= 15 is 0 Å². The third kappa shape index (κ3) is 4.60. The van der Waals surface area contributed by atoms with Crippen LogP contribution in [0.25, 0.3) is 11.0 Å². The molecular weight excluding hydrogens is 386 g/mol. The summed E-state index contributed by atoms with van der Waals surface area (Å²) < 4.78 is 8.44. The van der Waals surface area contributed by atoms with Gasteiger partial charge < -0.3 is 14.2 Å². The van der Waals surface area contributed by atoms with E-state index in [0.29, 0.717) is 13.0 Å². The number of aryl methyl sites for hydroxylation is 3. The quantitative estimate of drug-likeness (QED) is 0.446. The van der Waals surface area contributed by atoms with Gasteiger partial charge in [-0.05, 0) is 49.9 Å². The van der Waals surface area contributed by atoms with Crippen LogP contribution in [-0.4, -0.2) is 40.1 Å². The molecule has 1 aliphatic heterocycles. The molecule has 1 aromatic heterocycles. The van der Waals surface area contributed by atoms with E-state index < -0.39 is 0 Å². The van der Waals surface area contributed by atoms with E-state index in [0.717, 1.165) is 61.5 Å². The lowest BCUT2D eigenvalue weighted by molar-refractivity contribution is -0.127. The molecule has 1 aliphatic rings. The van der Waals surface area contributed by atoms with Crippen molar-refractivity contribution in [2.24, 2.45) is 0 Å². The number of likely N-dealkylation sites (tertiary alicyclic amines) is 1. The Balaban J connectivity index is 1.49. The largest absolute Gasteiger partial charge is 0.493 e. The average Bonchev–Trinajstić information content (AvgIpc) is 3.31. The number of carbonyl (C=O) groups is 1. The van der Waals surface area contributed by atoms with Gasteiger partial charge in [0.25, 0.3) is 0 Å². The Morgan fingerprint density at radius 1 is 1.03 bits per heavy atom. The lowest BCUT2D eigenvalue weighted by Crippen LogP contribution is -2.26. The van der Waals surface area contributed by atoms with Crippen molar-refractivity contribution in [3.63, 3.8) is 0 Å². The summed E-state index contributed by atoms with van der Waals surface area (Å²) in [5.74, 6) is 2.46. The number of fused-ring (bicyclic) bond motifs is 1. The average molecular weight is 420 g/mol. The summed E-state index contributed by atoms with van der Waals surface area (Å²) in [7, 11) is 0. The number of hydrogen-bond donors (Lipinski definition) is 0. The van der Waals surface area contributed by atoms with E-state index in [1.54, 1.807) is 0 Å². The second-order valence-corrected chi connectivity index (χ2v) is 8.63. The highest BCUT2D eigenvalue weighted by Crippen LogP contribution is 2.31. The van der Waals surface area contributed by atoms with Gasteiger partial charge in [-0.1, -0.05) is 43.7 Å². The van der Waals surface area contributed by atoms with Gasteiger partial charge >= 0.3 is 0 Å². The van der Waals surface area contributed by atoms with Crippen LogP contribution in [0.3, 0.4) is 0 Å². The van der Waals surface area contributed by atoms with Gasteiger partial charge in [-0.2, -0.15) is 0 Å². The Morgan fingerprint density at radius 3 is 2.58 bits per heavy atom. The van der Waals surface area contributed by atoms with Crippen molar-refractivity contribution in [3.05, 3.63) is 59.4 Å². The maximum absolute atomic E-state index is 12.5. The van der Waals surface area contributed by atoms with Crippen LogP contribution in [0, 0.1) is 13.8 Å². The van der Waals surface area contributed by atoms with Gasteiger partial charge in [0.15, 0.2) is 0 Å². The molecule has 5 nitrogen and oxygen atoms in total. The van der Waals surface area contributed by atoms with Crippen molar-refractivity contribution in [2.45, 2.75) is 58.9 Å². The minimum atomic E-state index is 0.163. The molecule has 1 fully saturated rings. The first-order valence-electron chi connectivity index (χ1n) is 11.5. The highest BCUT2D eigenvalue weighted by molar-refractivity contribution is 5.80. The van der Waals surface area contributed by atoms with Crippen molar-refractivity contribution >= 4 is 16.9 Å². The van der Waals surface area contributed by atoms with E-state index in [9.17, 15) is 4.79 Å². The molecule has 0 bridgehead atoms. The van der Waals surface area contributed by atoms with Crippen LogP contribution in [0.5, 0.6) is 5.75 Å². The minimum Gasteiger partial charge on any atom is -0.493 e. The molecule has 0 radical (unpaired) electrons. The Morgan fingerprint density at radius 2 is 1.81 bits per heavy atom. The number of benzene rings is 2. The Hall–Kier alpha value is -2.82. The standard InChI is InChI=1S/C26H33N3O2/c1-4-5-14-28-18-21(17-24(28)30)26-27-22-12-6-7-13-23(22)29(26)15-9-16-31-25-19(2)10-8-11-20(25)3/h6-8,10-13,21H,4-5,9,14-18H2,1-3H3. The summed E-state index contributed by atoms with van der Waals surface area (Å²) in [5, 5.41) is 0. The summed E-state index contributed by atoms with van der Waals surface area (Å²) in [6.07, 6.45) is 3.62. The number of para-hydroxylation sites is 3. The molecule has 0 aliphatic carbocycles. The van der Waals surface area contributed by atoms with Crippen molar-refractivity contribution in [1.29, 1.82) is 0 Å². The summed E-state index contributed by atoms with van der Waals surface area (Å²) in [4.78, 5) is 19.5. The van der Waals surface area contributed by atoms with E-state index in [-0.39, 0.29) is 11.8 Å². The first-order valence-corrected chi connectivity index (χ1v) is 11.5. The predicted octanol–water partition coefficient (Wildman–Crippen LogP) is 5.24. The lowest BCUT2D eigenvalue weighted by atomic mass is 10.1. The molecule has 0 spiro atoms. The topological polar surface area (TPSA) is 47.4 Å². The van der Waals surface area contributed by atoms with Gasteiger partial charge in [-0.15, -0.1) is 0 Å². The zero-order valence-electron chi connectivity index (χ0n) is 18.9. The fourth-order valence-corrected chi connectivity index (χ4v) is 4.57. The van der Waals surface area contributed by atoms with Crippen LogP contribution in [0.15, 0.2) is 42.5 Å². The summed E-state index contributed by atoms with van der Waals surface area (Å²) >= 11 is 0. The van der Waals surface area contributed by atoms with E-state index in [2.05, 4.69) is 61.7 Å². The van der Waals surface area contributed by atoms with Crippen LogP contribution >= 0.6 is 0 Å². The lowest BCUT2D eigenvalue weighted by Gasteiger charge is -2.17. The van der Waals surface area contributed by atoms with Gasteiger partial charge in [0.05, 0.1) is 17.6 Å². The maximum atomic E-state index is 12.5. The Kier molecular flexibility index (Phi) is 6.59. The number of imidazole rings is 1.